The zero-order valence-electron chi connectivity index (χ0n) is 10.8. The fraction of sp³-hybridized carbons (Fsp3) is 0.545. The topological polar surface area (TPSA) is 93.4 Å². The fourth-order valence-electron chi connectivity index (χ4n) is 1.99. The van der Waals surface area contributed by atoms with Crippen molar-refractivity contribution in [2.24, 2.45) is 0 Å². The number of anilines is 2. The van der Waals surface area contributed by atoms with Gasteiger partial charge in [-0.1, -0.05) is 0 Å². The van der Waals surface area contributed by atoms with Gasteiger partial charge in [-0.2, -0.15) is 4.98 Å². The third kappa shape index (κ3) is 2.71. The second-order valence-corrected chi connectivity index (χ2v) is 4.55. The Balaban J connectivity index is 2.40. The smallest absolute Gasteiger partial charge is 0.244 e. The molecule has 0 saturated carbocycles. The van der Waals surface area contributed by atoms with Gasteiger partial charge in [-0.15, -0.1) is 0 Å². The lowest BCUT2D eigenvalue weighted by Gasteiger charge is -2.35. The summed E-state index contributed by atoms with van der Waals surface area (Å²) in [5, 5.41) is 2.72. The van der Waals surface area contributed by atoms with Crippen molar-refractivity contribution in [2.45, 2.75) is 13.0 Å². The zero-order valence-corrected chi connectivity index (χ0v) is 11.6. The summed E-state index contributed by atoms with van der Waals surface area (Å²) >= 11 is 5.87. The number of hydrogen-bond donors (Lipinski definition) is 2. The molecular formula is C11H16ClN5O2. The number of hydrogen-bond acceptors (Lipinski definition) is 6. The molecule has 1 aliphatic rings. The van der Waals surface area contributed by atoms with E-state index in [4.69, 9.17) is 22.1 Å². The van der Waals surface area contributed by atoms with Crippen LogP contribution in [0.15, 0.2) is 0 Å². The van der Waals surface area contributed by atoms with Crippen molar-refractivity contribution < 1.29 is 9.53 Å². The molecule has 1 saturated heterocycles. The molecule has 0 aromatic carbocycles. The Morgan fingerprint density at radius 1 is 1.58 bits per heavy atom. The molecule has 1 atom stereocenters. The predicted molar refractivity (Wildman–Crippen MR) is 72.2 cm³/mol. The van der Waals surface area contributed by atoms with Gasteiger partial charge in [0.1, 0.15) is 6.04 Å². The quantitative estimate of drug-likeness (QED) is 0.741. The van der Waals surface area contributed by atoms with E-state index in [2.05, 4.69) is 15.3 Å². The number of rotatable bonds is 2. The maximum Gasteiger partial charge on any atom is 0.244 e. The van der Waals surface area contributed by atoms with Gasteiger partial charge < -0.3 is 20.7 Å². The van der Waals surface area contributed by atoms with Crippen molar-refractivity contribution in [1.29, 1.82) is 0 Å². The molecule has 104 valence electrons. The molecule has 1 fully saturated rings. The Morgan fingerprint density at radius 2 is 2.32 bits per heavy atom. The number of amides is 1. The van der Waals surface area contributed by atoms with E-state index in [0.717, 1.165) is 0 Å². The van der Waals surface area contributed by atoms with Crippen LogP contribution in [0.4, 0.5) is 11.5 Å². The van der Waals surface area contributed by atoms with Gasteiger partial charge in [0.2, 0.25) is 11.2 Å². The van der Waals surface area contributed by atoms with E-state index in [0.29, 0.717) is 37.0 Å². The second-order valence-electron chi connectivity index (χ2n) is 4.21. The number of halogens is 1. The first-order chi connectivity index (χ1) is 9.04. The van der Waals surface area contributed by atoms with E-state index in [9.17, 15) is 4.79 Å². The van der Waals surface area contributed by atoms with Crippen LogP contribution in [-0.4, -0.2) is 48.7 Å². The van der Waals surface area contributed by atoms with E-state index >= 15 is 0 Å². The van der Waals surface area contributed by atoms with Gasteiger partial charge in [-0.3, -0.25) is 4.79 Å². The van der Waals surface area contributed by atoms with Crippen LogP contribution < -0.4 is 16.0 Å². The number of morpholine rings is 1. The van der Waals surface area contributed by atoms with E-state index < -0.39 is 6.04 Å². The lowest BCUT2D eigenvalue weighted by molar-refractivity contribution is -0.124. The largest absolute Gasteiger partial charge is 0.394 e. The van der Waals surface area contributed by atoms with Crippen LogP contribution in [-0.2, 0) is 9.53 Å². The van der Waals surface area contributed by atoms with Gasteiger partial charge >= 0.3 is 0 Å². The molecule has 0 aliphatic carbocycles. The van der Waals surface area contributed by atoms with Gasteiger partial charge in [-0.25, -0.2) is 4.98 Å². The van der Waals surface area contributed by atoms with Crippen molar-refractivity contribution >= 4 is 29.0 Å². The monoisotopic (exact) mass is 285 g/mol. The van der Waals surface area contributed by atoms with Gasteiger partial charge in [-0.05, 0) is 18.5 Å². The van der Waals surface area contributed by atoms with Gasteiger partial charge in [0, 0.05) is 13.6 Å². The molecule has 1 amide bonds. The number of carbonyl (C=O) groups is 1. The van der Waals surface area contributed by atoms with Crippen molar-refractivity contribution in [2.75, 3.05) is 37.4 Å². The molecule has 1 aromatic heterocycles. The highest BCUT2D eigenvalue weighted by atomic mass is 35.5. The average Bonchev–Trinajstić information content (AvgIpc) is 2.42. The zero-order chi connectivity index (χ0) is 14.0. The van der Waals surface area contributed by atoms with Crippen LogP contribution in [0, 0.1) is 6.92 Å². The Bertz CT molecular complexity index is 496. The van der Waals surface area contributed by atoms with Crippen LogP contribution in [0.5, 0.6) is 0 Å². The van der Waals surface area contributed by atoms with E-state index in [1.165, 1.54) is 0 Å². The van der Waals surface area contributed by atoms with Gasteiger partial charge in [0.15, 0.2) is 5.82 Å². The molecule has 3 N–H and O–H groups in total. The van der Waals surface area contributed by atoms with Crippen LogP contribution in [0.25, 0.3) is 0 Å². The minimum Gasteiger partial charge on any atom is -0.394 e. The number of likely N-dealkylation sites (N-methyl/N-ethyl adjacent to an activating group) is 1. The normalized spacial score (nSPS) is 19.3. The molecule has 0 radical (unpaired) electrons. The summed E-state index contributed by atoms with van der Waals surface area (Å²) in [5.41, 5.74) is 7.01. The summed E-state index contributed by atoms with van der Waals surface area (Å²) < 4.78 is 5.34. The average molecular weight is 286 g/mol. The molecule has 19 heavy (non-hydrogen) atoms. The first-order valence-electron chi connectivity index (χ1n) is 5.90. The highest BCUT2D eigenvalue weighted by molar-refractivity contribution is 6.28. The number of aryl methyl sites for hydroxylation is 1. The predicted octanol–water partition coefficient (Wildman–Crippen LogP) is -0.0282. The summed E-state index contributed by atoms with van der Waals surface area (Å²) in [6.07, 6.45) is 0. The summed E-state index contributed by atoms with van der Waals surface area (Å²) in [6, 6.07) is -0.466. The molecule has 0 bridgehead atoms. The summed E-state index contributed by atoms with van der Waals surface area (Å²) in [7, 11) is 1.58. The first kappa shape index (κ1) is 13.8. The maximum atomic E-state index is 11.9. The van der Waals surface area contributed by atoms with E-state index in [1.807, 2.05) is 0 Å². The highest BCUT2D eigenvalue weighted by Crippen LogP contribution is 2.27. The number of ether oxygens (including phenoxy) is 1. The Morgan fingerprint density at radius 3 is 3.00 bits per heavy atom. The lowest BCUT2D eigenvalue weighted by atomic mass is 10.2. The lowest BCUT2D eigenvalue weighted by Crippen LogP contribution is -2.54. The van der Waals surface area contributed by atoms with Gasteiger partial charge in [0.05, 0.1) is 24.6 Å². The van der Waals surface area contributed by atoms with Crippen molar-refractivity contribution in [3.63, 3.8) is 0 Å². The van der Waals surface area contributed by atoms with Crippen molar-refractivity contribution in [1.82, 2.24) is 15.3 Å². The Labute approximate surface area is 116 Å². The third-order valence-corrected chi connectivity index (χ3v) is 3.21. The molecule has 8 heteroatoms. The SMILES string of the molecule is CNC(=O)C1COCCN1c1nc(Cl)nc(C)c1N. The summed E-state index contributed by atoms with van der Waals surface area (Å²) in [5.74, 6) is 0.334. The fourth-order valence-corrected chi connectivity index (χ4v) is 2.20. The van der Waals surface area contributed by atoms with Crippen LogP contribution >= 0.6 is 11.6 Å². The maximum absolute atomic E-state index is 11.9. The van der Waals surface area contributed by atoms with Crippen LogP contribution in [0.3, 0.4) is 0 Å². The van der Waals surface area contributed by atoms with Crippen LogP contribution in [0.1, 0.15) is 5.69 Å². The molecule has 2 heterocycles. The minimum atomic E-state index is -0.466. The molecule has 7 nitrogen and oxygen atoms in total. The number of nitrogens with one attached hydrogen (secondary N) is 1. The molecule has 1 aliphatic heterocycles. The summed E-state index contributed by atoms with van der Waals surface area (Å²) in [6.45, 7) is 3.07. The molecule has 1 aromatic rings. The Hall–Kier alpha value is -1.60. The summed E-state index contributed by atoms with van der Waals surface area (Å²) in [4.78, 5) is 21.8. The molecule has 1 unspecified atom stereocenters. The van der Waals surface area contributed by atoms with Crippen molar-refractivity contribution in [3.8, 4) is 0 Å². The molecule has 2 rings (SSSR count). The number of nitrogens with zero attached hydrogens (tertiary/aromatic N) is 3. The number of carbonyl (C=O) groups excluding carboxylic acids is 1. The van der Waals surface area contributed by atoms with Gasteiger partial charge in [0.25, 0.3) is 0 Å². The van der Waals surface area contributed by atoms with E-state index in [-0.39, 0.29) is 11.2 Å². The third-order valence-electron chi connectivity index (χ3n) is 3.04. The van der Waals surface area contributed by atoms with Crippen molar-refractivity contribution in [3.05, 3.63) is 11.0 Å². The second kappa shape index (κ2) is 5.58. The minimum absolute atomic E-state index is 0.115. The standard InChI is InChI=1S/C11H16ClN5O2/c1-6-8(13)9(16-11(12)15-6)17-3-4-19-5-7(17)10(18)14-2/h7H,3-5,13H2,1-2H3,(H,14,18). The number of nitrogen functional groups attached to an aromatic ring is 1. The Kier molecular flexibility index (Phi) is 4.06. The number of aromatic nitrogens is 2. The number of nitrogens with two attached hydrogens (primary N) is 1. The first-order valence-corrected chi connectivity index (χ1v) is 6.28. The highest BCUT2D eigenvalue weighted by Gasteiger charge is 2.31. The van der Waals surface area contributed by atoms with E-state index in [1.54, 1.807) is 18.9 Å². The molecule has 0 spiro atoms. The molecular weight excluding hydrogens is 270 g/mol. The van der Waals surface area contributed by atoms with Crippen LogP contribution in [0.2, 0.25) is 5.28 Å².